The number of hydrogen-bond donors (Lipinski definition) is 6. The zero-order valence-corrected chi connectivity index (χ0v) is 20.0. The molecule has 8 heteroatoms. The number of aromatic amines is 1. The third-order valence-electron chi connectivity index (χ3n) is 5.95. The maximum Gasteiger partial charge on any atom is 0.319 e. The van der Waals surface area contributed by atoms with Gasteiger partial charge in [0.1, 0.15) is 5.75 Å². The van der Waals surface area contributed by atoms with Crippen LogP contribution in [0.1, 0.15) is 29.7 Å². The van der Waals surface area contributed by atoms with Crippen molar-refractivity contribution in [2.45, 2.75) is 32.0 Å². The van der Waals surface area contributed by atoms with Crippen LogP contribution in [0.4, 0.5) is 10.5 Å². The average Bonchev–Trinajstić information content (AvgIpc) is 2.87. The van der Waals surface area contributed by atoms with Crippen LogP contribution in [0.5, 0.6) is 5.75 Å². The van der Waals surface area contributed by atoms with Crippen molar-refractivity contribution in [3.05, 3.63) is 106 Å². The number of aromatic nitrogens is 1. The van der Waals surface area contributed by atoms with Gasteiger partial charge in [-0.25, -0.2) is 4.79 Å². The minimum absolute atomic E-state index is 0.0396. The normalized spacial score (nSPS) is 12.7. The van der Waals surface area contributed by atoms with E-state index in [1.807, 2.05) is 61.5 Å². The molecule has 0 radical (unpaired) electrons. The van der Waals surface area contributed by atoms with Gasteiger partial charge >= 0.3 is 6.03 Å². The number of urea groups is 1. The molecule has 0 aliphatic rings. The second-order valence-corrected chi connectivity index (χ2v) is 8.81. The number of fused-ring (bicyclic) bond motifs is 1. The molecular weight excluding hydrogens is 456 g/mol. The van der Waals surface area contributed by atoms with Crippen LogP contribution < -0.4 is 21.5 Å². The predicted molar refractivity (Wildman–Crippen MR) is 141 cm³/mol. The number of carbonyl (C=O) groups excluding carboxylic acids is 1. The van der Waals surface area contributed by atoms with E-state index in [2.05, 4.69) is 20.9 Å². The molecule has 6 N–H and O–H groups in total. The van der Waals surface area contributed by atoms with E-state index in [4.69, 9.17) is 0 Å². The Balaban J connectivity index is 1.31. The molecule has 186 valence electrons. The Bertz CT molecular complexity index is 1390. The molecule has 0 saturated heterocycles. The fourth-order valence-corrected chi connectivity index (χ4v) is 4.13. The van der Waals surface area contributed by atoms with Crippen molar-refractivity contribution in [1.29, 1.82) is 0 Å². The van der Waals surface area contributed by atoms with Crippen LogP contribution in [-0.4, -0.2) is 33.8 Å². The smallest absolute Gasteiger partial charge is 0.319 e. The first-order chi connectivity index (χ1) is 17.4. The number of amides is 2. The molecule has 0 fully saturated rings. The average molecular weight is 487 g/mol. The first-order valence-corrected chi connectivity index (χ1v) is 11.8. The van der Waals surface area contributed by atoms with Gasteiger partial charge in [0.2, 0.25) is 5.56 Å². The lowest BCUT2D eigenvalue weighted by Crippen LogP contribution is -2.32. The van der Waals surface area contributed by atoms with Gasteiger partial charge in [-0.1, -0.05) is 48.5 Å². The van der Waals surface area contributed by atoms with Crippen molar-refractivity contribution in [1.82, 2.24) is 15.6 Å². The maximum absolute atomic E-state index is 12.3. The number of phenolic OH excluding ortho intramolecular Hbond substituents is 1. The lowest BCUT2D eigenvalue weighted by atomic mass is 10.0. The second kappa shape index (κ2) is 11.5. The number of nitrogens with one attached hydrogen (secondary N) is 4. The summed E-state index contributed by atoms with van der Waals surface area (Å²) in [7, 11) is 0. The highest BCUT2D eigenvalue weighted by atomic mass is 16.3. The van der Waals surface area contributed by atoms with Crippen molar-refractivity contribution in [3.8, 4) is 5.75 Å². The monoisotopic (exact) mass is 486 g/mol. The number of pyridine rings is 1. The third-order valence-corrected chi connectivity index (χ3v) is 5.95. The maximum atomic E-state index is 12.3. The second-order valence-electron chi connectivity index (χ2n) is 8.81. The molecule has 0 aliphatic heterocycles. The number of H-pyrrole nitrogens is 1. The fourth-order valence-electron chi connectivity index (χ4n) is 4.13. The predicted octanol–water partition coefficient (Wildman–Crippen LogP) is 3.81. The zero-order valence-electron chi connectivity index (χ0n) is 20.0. The van der Waals surface area contributed by atoms with Crippen molar-refractivity contribution >= 4 is 22.6 Å². The summed E-state index contributed by atoms with van der Waals surface area (Å²) in [6, 6.07) is 23.2. The number of carbonyl (C=O) groups is 1. The molecule has 1 aromatic heterocycles. The molecule has 2 amide bonds. The summed E-state index contributed by atoms with van der Waals surface area (Å²) < 4.78 is 0. The molecule has 4 rings (SSSR count). The van der Waals surface area contributed by atoms with Gasteiger partial charge in [0.05, 0.1) is 11.6 Å². The standard InChI is InChI=1S/C28H30N4O4/c1-18(29-17-25(34)22-10-12-24(33)27-23(22)11-13-26(35)32-27)14-20-8-5-9-21(15-20)31-28(36)30-16-19-6-3-2-4-7-19/h2-13,15,18,25,29,33-34H,14,16-17H2,1H3,(H,32,35)(H2,30,31,36)/t18-,25+/m0/s1. The molecule has 0 spiro atoms. The molecular formula is C28H30N4O4. The summed E-state index contributed by atoms with van der Waals surface area (Å²) in [6.07, 6.45) is -0.139. The highest BCUT2D eigenvalue weighted by molar-refractivity contribution is 5.89. The molecule has 1 heterocycles. The lowest BCUT2D eigenvalue weighted by molar-refractivity contribution is 0.172. The Kier molecular flexibility index (Phi) is 7.99. The lowest BCUT2D eigenvalue weighted by Gasteiger charge is -2.19. The first kappa shape index (κ1) is 25.0. The number of aromatic hydroxyl groups is 1. The van der Waals surface area contributed by atoms with E-state index in [0.29, 0.717) is 41.7 Å². The summed E-state index contributed by atoms with van der Waals surface area (Å²) in [5, 5.41) is 30.5. The number of aliphatic hydroxyl groups is 1. The van der Waals surface area contributed by atoms with Crippen LogP contribution in [0.3, 0.4) is 0 Å². The van der Waals surface area contributed by atoms with Gasteiger partial charge in [-0.3, -0.25) is 4.79 Å². The van der Waals surface area contributed by atoms with E-state index < -0.39 is 6.10 Å². The van der Waals surface area contributed by atoms with Crippen LogP contribution in [0.2, 0.25) is 0 Å². The van der Waals surface area contributed by atoms with Crippen molar-refractivity contribution in [2.75, 3.05) is 11.9 Å². The summed E-state index contributed by atoms with van der Waals surface area (Å²) in [5.74, 6) is -0.0396. The van der Waals surface area contributed by atoms with Crippen LogP contribution >= 0.6 is 0 Å². The Morgan fingerprint density at radius 2 is 1.75 bits per heavy atom. The molecule has 0 aliphatic carbocycles. The molecule has 36 heavy (non-hydrogen) atoms. The van der Waals surface area contributed by atoms with E-state index >= 15 is 0 Å². The Morgan fingerprint density at radius 3 is 2.56 bits per heavy atom. The number of anilines is 1. The fraction of sp³-hybridized carbons (Fsp3) is 0.214. The van der Waals surface area contributed by atoms with Crippen LogP contribution in [0.15, 0.2) is 83.7 Å². The van der Waals surface area contributed by atoms with Gasteiger partial charge in [-0.2, -0.15) is 0 Å². The minimum Gasteiger partial charge on any atom is -0.506 e. The first-order valence-electron chi connectivity index (χ1n) is 11.8. The quantitative estimate of drug-likeness (QED) is 0.215. The van der Waals surface area contributed by atoms with Gasteiger partial charge in [-0.15, -0.1) is 0 Å². The summed E-state index contributed by atoms with van der Waals surface area (Å²) >= 11 is 0. The van der Waals surface area contributed by atoms with Crippen LogP contribution in [0.25, 0.3) is 10.9 Å². The van der Waals surface area contributed by atoms with Gasteiger partial charge in [0, 0.05) is 36.3 Å². The Morgan fingerprint density at radius 1 is 0.972 bits per heavy atom. The summed E-state index contributed by atoms with van der Waals surface area (Å²) in [5.41, 5.74) is 3.38. The highest BCUT2D eigenvalue weighted by Gasteiger charge is 2.15. The number of hydrogen-bond acceptors (Lipinski definition) is 5. The van der Waals surface area contributed by atoms with E-state index in [0.717, 1.165) is 11.1 Å². The van der Waals surface area contributed by atoms with Gasteiger partial charge in [0.15, 0.2) is 0 Å². The Hall–Kier alpha value is -4.14. The highest BCUT2D eigenvalue weighted by Crippen LogP contribution is 2.28. The SMILES string of the molecule is C[C@@H](Cc1cccc(NC(=O)NCc2ccccc2)c1)NC[C@@H](O)c1ccc(O)c2[nH]c(=O)ccc12. The van der Waals surface area contributed by atoms with E-state index in [1.54, 1.807) is 12.1 Å². The van der Waals surface area contributed by atoms with Gasteiger partial charge in [-0.05, 0) is 54.3 Å². The summed E-state index contributed by atoms with van der Waals surface area (Å²) in [6.45, 7) is 2.76. The molecule has 0 bridgehead atoms. The van der Waals surface area contributed by atoms with E-state index in [-0.39, 0.29) is 23.4 Å². The number of benzene rings is 3. The van der Waals surface area contributed by atoms with Crippen molar-refractivity contribution in [2.24, 2.45) is 0 Å². The zero-order chi connectivity index (χ0) is 25.5. The molecule has 8 nitrogen and oxygen atoms in total. The van der Waals surface area contributed by atoms with Crippen LogP contribution in [0, 0.1) is 0 Å². The molecule has 3 aromatic carbocycles. The molecule has 2 atom stereocenters. The van der Waals surface area contributed by atoms with E-state index in [1.165, 1.54) is 12.1 Å². The number of rotatable bonds is 9. The van der Waals surface area contributed by atoms with Gasteiger partial charge < -0.3 is 31.1 Å². The minimum atomic E-state index is -0.831. The van der Waals surface area contributed by atoms with Crippen LogP contribution in [-0.2, 0) is 13.0 Å². The van der Waals surface area contributed by atoms with Crippen molar-refractivity contribution in [3.63, 3.8) is 0 Å². The van der Waals surface area contributed by atoms with E-state index in [9.17, 15) is 19.8 Å². The third kappa shape index (κ3) is 6.50. The largest absolute Gasteiger partial charge is 0.506 e. The summed E-state index contributed by atoms with van der Waals surface area (Å²) in [4.78, 5) is 26.5. The topological polar surface area (TPSA) is 126 Å². The van der Waals surface area contributed by atoms with Crippen molar-refractivity contribution < 1.29 is 15.0 Å². The number of aliphatic hydroxyl groups excluding tert-OH is 1. The molecule has 0 unspecified atom stereocenters. The Labute approximate surface area is 209 Å². The molecule has 0 saturated carbocycles. The van der Waals surface area contributed by atoms with Gasteiger partial charge in [0.25, 0.3) is 0 Å². The molecule has 4 aromatic rings. The number of phenols is 1.